The average molecular weight is 218 g/mol. The van der Waals surface area contributed by atoms with Gasteiger partial charge in [-0.25, -0.2) is 0 Å². The van der Waals surface area contributed by atoms with Gasteiger partial charge < -0.3 is 5.11 Å². The zero-order valence-corrected chi connectivity index (χ0v) is 9.43. The maximum absolute atomic E-state index is 10.9. The highest BCUT2D eigenvalue weighted by molar-refractivity contribution is 5.70. The summed E-state index contributed by atoms with van der Waals surface area (Å²) < 4.78 is 0. The molecule has 1 N–H and O–H groups in total. The smallest absolute Gasteiger partial charge is 0.306 e. The molecule has 0 amide bonds. The van der Waals surface area contributed by atoms with Gasteiger partial charge in [0.05, 0.1) is 5.92 Å². The van der Waals surface area contributed by atoms with E-state index in [0.717, 1.165) is 19.3 Å². The molecule has 0 unspecified atom stereocenters. The minimum Gasteiger partial charge on any atom is -0.481 e. The van der Waals surface area contributed by atoms with E-state index in [1.165, 1.54) is 5.56 Å². The molecule has 2 nitrogen and oxygen atoms in total. The van der Waals surface area contributed by atoms with Gasteiger partial charge in [0.25, 0.3) is 0 Å². The Labute approximate surface area is 96.6 Å². The predicted octanol–water partition coefficient (Wildman–Crippen LogP) is 3.29. The molecular weight excluding hydrogens is 200 g/mol. The highest BCUT2D eigenvalue weighted by Gasteiger charge is 2.14. The van der Waals surface area contributed by atoms with Gasteiger partial charge in [0.15, 0.2) is 0 Å². The topological polar surface area (TPSA) is 37.3 Å². The van der Waals surface area contributed by atoms with Crippen molar-refractivity contribution in [3.8, 4) is 0 Å². The van der Waals surface area contributed by atoms with Crippen molar-refractivity contribution in [1.82, 2.24) is 0 Å². The Balaban J connectivity index is 2.33. The maximum Gasteiger partial charge on any atom is 0.306 e. The van der Waals surface area contributed by atoms with Gasteiger partial charge in [0, 0.05) is 0 Å². The lowest BCUT2D eigenvalue weighted by atomic mass is 9.97. The number of hydrogen-bond donors (Lipinski definition) is 1. The molecule has 0 saturated carbocycles. The summed E-state index contributed by atoms with van der Waals surface area (Å²) in [5.74, 6) is -0.992. The SMILES string of the molecule is C=CC[C@@H](CCCc1ccccc1)C(=O)O. The van der Waals surface area contributed by atoms with E-state index >= 15 is 0 Å². The number of carbonyl (C=O) groups is 1. The van der Waals surface area contributed by atoms with Crippen molar-refractivity contribution in [3.05, 3.63) is 48.6 Å². The van der Waals surface area contributed by atoms with Gasteiger partial charge in [-0.2, -0.15) is 0 Å². The number of carboxylic acid groups (broad SMARTS) is 1. The highest BCUT2D eigenvalue weighted by Crippen LogP contribution is 2.14. The summed E-state index contributed by atoms with van der Waals surface area (Å²) in [6, 6.07) is 10.1. The number of allylic oxidation sites excluding steroid dienone is 1. The summed E-state index contributed by atoms with van der Waals surface area (Å²) in [4.78, 5) is 10.9. The van der Waals surface area contributed by atoms with Gasteiger partial charge in [-0.3, -0.25) is 4.79 Å². The summed E-state index contributed by atoms with van der Waals surface area (Å²) >= 11 is 0. The van der Waals surface area contributed by atoms with Gasteiger partial charge in [-0.05, 0) is 31.2 Å². The fraction of sp³-hybridized carbons (Fsp3) is 0.357. The third-order valence-corrected chi connectivity index (χ3v) is 2.66. The largest absolute Gasteiger partial charge is 0.481 e. The Kier molecular flexibility index (Phi) is 5.34. The van der Waals surface area contributed by atoms with Crippen molar-refractivity contribution >= 4 is 5.97 Å². The fourth-order valence-electron chi connectivity index (χ4n) is 1.74. The predicted molar refractivity (Wildman–Crippen MR) is 65.3 cm³/mol. The lowest BCUT2D eigenvalue weighted by Crippen LogP contribution is -2.12. The first-order chi connectivity index (χ1) is 7.74. The standard InChI is InChI=1S/C14H18O2/c1-2-7-13(14(15)16)11-6-10-12-8-4-3-5-9-12/h2-5,8-9,13H,1,6-7,10-11H2,(H,15,16)/t13-/m0/s1. The second kappa shape index (κ2) is 6.83. The normalized spacial score (nSPS) is 12.0. The summed E-state index contributed by atoms with van der Waals surface area (Å²) in [6.07, 6.45) is 4.82. The van der Waals surface area contributed by atoms with Crippen LogP contribution in [0.4, 0.5) is 0 Å². The molecule has 16 heavy (non-hydrogen) atoms. The Morgan fingerprint density at radius 2 is 2.06 bits per heavy atom. The first kappa shape index (κ1) is 12.5. The minimum absolute atomic E-state index is 0.277. The molecule has 0 aliphatic carbocycles. The van der Waals surface area contributed by atoms with Crippen LogP contribution in [0.25, 0.3) is 0 Å². The average Bonchev–Trinajstić information content (AvgIpc) is 2.29. The molecule has 1 aromatic carbocycles. The first-order valence-corrected chi connectivity index (χ1v) is 5.61. The van der Waals surface area contributed by atoms with Crippen molar-refractivity contribution in [2.75, 3.05) is 0 Å². The molecule has 0 aliphatic rings. The van der Waals surface area contributed by atoms with Gasteiger partial charge in [0.1, 0.15) is 0 Å². The van der Waals surface area contributed by atoms with E-state index in [0.29, 0.717) is 6.42 Å². The number of aliphatic carboxylic acids is 1. The second-order valence-corrected chi connectivity index (χ2v) is 3.94. The maximum atomic E-state index is 10.9. The molecule has 0 bridgehead atoms. The van der Waals surface area contributed by atoms with E-state index in [1.54, 1.807) is 6.08 Å². The quantitative estimate of drug-likeness (QED) is 0.713. The molecule has 1 atom stereocenters. The number of benzene rings is 1. The Morgan fingerprint density at radius 3 is 2.62 bits per heavy atom. The van der Waals surface area contributed by atoms with Crippen LogP contribution in [0.2, 0.25) is 0 Å². The molecule has 0 aromatic heterocycles. The van der Waals surface area contributed by atoms with Crippen LogP contribution in [0.5, 0.6) is 0 Å². The van der Waals surface area contributed by atoms with Crippen LogP contribution in [-0.2, 0) is 11.2 Å². The van der Waals surface area contributed by atoms with Crippen LogP contribution >= 0.6 is 0 Å². The van der Waals surface area contributed by atoms with Crippen molar-refractivity contribution in [2.45, 2.75) is 25.7 Å². The first-order valence-electron chi connectivity index (χ1n) is 5.61. The molecule has 0 spiro atoms. The van der Waals surface area contributed by atoms with Crippen LogP contribution in [0.1, 0.15) is 24.8 Å². The lowest BCUT2D eigenvalue weighted by molar-refractivity contribution is -0.141. The van der Waals surface area contributed by atoms with E-state index in [1.807, 2.05) is 18.2 Å². The second-order valence-electron chi connectivity index (χ2n) is 3.94. The zero-order valence-electron chi connectivity index (χ0n) is 9.43. The Morgan fingerprint density at radius 1 is 1.38 bits per heavy atom. The van der Waals surface area contributed by atoms with Gasteiger partial charge in [-0.15, -0.1) is 6.58 Å². The monoisotopic (exact) mass is 218 g/mol. The molecule has 0 saturated heterocycles. The lowest BCUT2D eigenvalue weighted by Gasteiger charge is -2.09. The highest BCUT2D eigenvalue weighted by atomic mass is 16.4. The Bertz CT molecular complexity index is 330. The third kappa shape index (κ3) is 4.30. The van der Waals surface area contributed by atoms with Gasteiger partial charge in [-0.1, -0.05) is 36.4 Å². The van der Waals surface area contributed by atoms with Crippen LogP contribution < -0.4 is 0 Å². The molecule has 0 aliphatic heterocycles. The summed E-state index contributed by atoms with van der Waals surface area (Å²) in [6.45, 7) is 3.59. The zero-order chi connectivity index (χ0) is 11.8. The molecule has 86 valence electrons. The van der Waals surface area contributed by atoms with Crippen molar-refractivity contribution < 1.29 is 9.90 Å². The summed E-state index contributed by atoms with van der Waals surface area (Å²) in [5.41, 5.74) is 1.27. The van der Waals surface area contributed by atoms with Crippen molar-refractivity contribution in [2.24, 2.45) is 5.92 Å². The summed E-state index contributed by atoms with van der Waals surface area (Å²) in [5, 5.41) is 8.95. The fourth-order valence-corrected chi connectivity index (χ4v) is 1.74. The van der Waals surface area contributed by atoms with Crippen LogP contribution in [-0.4, -0.2) is 11.1 Å². The van der Waals surface area contributed by atoms with Crippen LogP contribution in [0.15, 0.2) is 43.0 Å². The Hall–Kier alpha value is -1.57. The van der Waals surface area contributed by atoms with E-state index < -0.39 is 5.97 Å². The van der Waals surface area contributed by atoms with Crippen LogP contribution in [0.3, 0.4) is 0 Å². The van der Waals surface area contributed by atoms with Crippen LogP contribution in [0, 0.1) is 5.92 Å². The van der Waals surface area contributed by atoms with E-state index in [9.17, 15) is 4.79 Å². The number of carboxylic acids is 1. The van der Waals surface area contributed by atoms with E-state index in [-0.39, 0.29) is 5.92 Å². The number of aryl methyl sites for hydroxylation is 1. The van der Waals surface area contributed by atoms with Gasteiger partial charge >= 0.3 is 5.97 Å². The third-order valence-electron chi connectivity index (χ3n) is 2.66. The van der Waals surface area contributed by atoms with Gasteiger partial charge in [0.2, 0.25) is 0 Å². The molecular formula is C14H18O2. The molecule has 1 rings (SSSR count). The molecule has 0 radical (unpaired) electrons. The summed E-state index contributed by atoms with van der Waals surface area (Å²) in [7, 11) is 0. The number of rotatable bonds is 7. The van der Waals surface area contributed by atoms with Crippen molar-refractivity contribution in [3.63, 3.8) is 0 Å². The van der Waals surface area contributed by atoms with Crippen molar-refractivity contribution in [1.29, 1.82) is 0 Å². The number of hydrogen-bond acceptors (Lipinski definition) is 1. The molecule has 0 fully saturated rings. The minimum atomic E-state index is -0.715. The molecule has 0 heterocycles. The van der Waals surface area contributed by atoms with E-state index in [2.05, 4.69) is 18.7 Å². The van der Waals surface area contributed by atoms with E-state index in [4.69, 9.17) is 5.11 Å². The molecule has 2 heteroatoms. The molecule has 1 aromatic rings.